The number of nitrogens with one attached hydrogen (secondary N) is 1. The Labute approximate surface area is 115 Å². The largest absolute Gasteiger partial charge is 0.493 e. The first kappa shape index (κ1) is 14.2. The van der Waals surface area contributed by atoms with Gasteiger partial charge in [0.1, 0.15) is 5.76 Å². The first-order chi connectivity index (χ1) is 9.60. The van der Waals surface area contributed by atoms with Crippen LogP contribution in [-0.2, 0) is 6.54 Å². The Morgan fingerprint density at radius 2 is 2.05 bits per heavy atom. The van der Waals surface area contributed by atoms with E-state index < -0.39 is 6.61 Å². The second-order valence-corrected chi connectivity index (χ2v) is 4.12. The molecule has 0 radical (unpaired) electrons. The quantitative estimate of drug-likeness (QED) is 0.875. The first-order valence-corrected chi connectivity index (χ1v) is 6.00. The second-order valence-electron chi connectivity index (χ2n) is 4.12. The minimum Gasteiger partial charge on any atom is -0.493 e. The maximum absolute atomic E-state index is 12.3. The normalized spacial score (nSPS) is 10.7. The summed E-state index contributed by atoms with van der Waals surface area (Å²) in [7, 11) is 1.40. The lowest BCUT2D eigenvalue weighted by Gasteiger charge is -2.12. The molecule has 108 valence electrons. The van der Waals surface area contributed by atoms with Gasteiger partial charge >= 0.3 is 6.61 Å². The molecular formula is C14H15F2NO3. The average Bonchev–Trinajstić information content (AvgIpc) is 2.81. The minimum atomic E-state index is -2.90. The van der Waals surface area contributed by atoms with E-state index in [0.29, 0.717) is 12.2 Å². The summed E-state index contributed by atoms with van der Waals surface area (Å²) < 4.78 is 39.3. The fraction of sp³-hybridized carbons (Fsp3) is 0.286. The molecule has 4 nitrogen and oxygen atoms in total. The van der Waals surface area contributed by atoms with Gasteiger partial charge in [0.15, 0.2) is 11.5 Å². The third kappa shape index (κ3) is 3.40. The lowest BCUT2D eigenvalue weighted by atomic mass is 10.2. The SMILES string of the molecule is COc1ccc(NCc2occc2C)cc1OC(F)F. The van der Waals surface area contributed by atoms with Crippen molar-refractivity contribution in [2.45, 2.75) is 20.1 Å². The molecule has 0 fully saturated rings. The van der Waals surface area contributed by atoms with Crippen LogP contribution in [0.25, 0.3) is 0 Å². The van der Waals surface area contributed by atoms with Crippen LogP contribution in [0.4, 0.5) is 14.5 Å². The Hall–Kier alpha value is -2.24. The number of halogens is 2. The third-order valence-corrected chi connectivity index (χ3v) is 2.80. The standard InChI is InChI=1S/C14H15F2NO3/c1-9-5-6-19-13(9)8-17-10-3-4-11(18-2)12(7-10)20-14(15)16/h3-7,14,17H,8H2,1-2H3. The van der Waals surface area contributed by atoms with Crippen LogP contribution in [0.1, 0.15) is 11.3 Å². The molecule has 0 spiro atoms. The zero-order valence-electron chi connectivity index (χ0n) is 11.2. The van der Waals surface area contributed by atoms with E-state index in [9.17, 15) is 8.78 Å². The number of benzene rings is 1. The molecule has 0 aliphatic carbocycles. The molecule has 2 aromatic rings. The molecule has 0 unspecified atom stereocenters. The van der Waals surface area contributed by atoms with E-state index >= 15 is 0 Å². The van der Waals surface area contributed by atoms with Gasteiger partial charge in [0, 0.05) is 11.8 Å². The van der Waals surface area contributed by atoms with E-state index in [4.69, 9.17) is 9.15 Å². The maximum Gasteiger partial charge on any atom is 0.387 e. The number of hydrogen-bond donors (Lipinski definition) is 1. The molecule has 0 aliphatic rings. The molecule has 0 amide bonds. The van der Waals surface area contributed by atoms with Crippen molar-refractivity contribution in [3.05, 3.63) is 41.9 Å². The van der Waals surface area contributed by atoms with Gasteiger partial charge in [-0.3, -0.25) is 0 Å². The van der Waals surface area contributed by atoms with Gasteiger partial charge in [0.05, 0.1) is 19.9 Å². The topological polar surface area (TPSA) is 43.6 Å². The third-order valence-electron chi connectivity index (χ3n) is 2.80. The average molecular weight is 283 g/mol. The number of furan rings is 1. The fourth-order valence-corrected chi connectivity index (χ4v) is 1.74. The molecule has 1 N–H and O–H groups in total. The van der Waals surface area contributed by atoms with Crippen molar-refractivity contribution in [2.75, 3.05) is 12.4 Å². The van der Waals surface area contributed by atoms with Gasteiger partial charge in [-0.05, 0) is 30.7 Å². The molecule has 0 saturated heterocycles. The number of anilines is 1. The van der Waals surface area contributed by atoms with E-state index in [-0.39, 0.29) is 11.5 Å². The number of hydrogen-bond acceptors (Lipinski definition) is 4. The fourth-order valence-electron chi connectivity index (χ4n) is 1.74. The van der Waals surface area contributed by atoms with E-state index in [1.165, 1.54) is 13.2 Å². The van der Waals surface area contributed by atoms with Gasteiger partial charge in [-0.1, -0.05) is 0 Å². The highest BCUT2D eigenvalue weighted by atomic mass is 19.3. The Kier molecular flexibility index (Phi) is 4.45. The molecule has 0 aliphatic heterocycles. The van der Waals surface area contributed by atoms with Crippen molar-refractivity contribution in [1.82, 2.24) is 0 Å². The van der Waals surface area contributed by atoms with Gasteiger partial charge in [-0.15, -0.1) is 0 Å². The molecule has 1 aromatic carbocycles. The van der Waals surface area contributed by atoms with Gasteiger partial charge in [0.2, 0.25) is 0 Å². The Balaban J connectivity index is 2.10. The zero-order valence-corrected chi connectivity index (χ0v) is 11.2. The highest BCUT2D eigenvalue weighted by molar-refractivity contribution is 5.54. The molecule has 6 heteroatoms. The first-order valence-electron chi connectivity index (χ1n) is 6.00. The highest BCUT2D eigenvalue weighted by Gasteiger charge is 2.11. The molecule has 0 bridgehead atoms. The molecule has 1 aromatic heterocycles. The van der Waals surface area contributed by atoms with Crippen LogP contribution in [0.15, 0.2) is 34.9 Å². The van der Waals surface area contributed by atoms with Gasteiger partial charge in [-0.2, -0.15) is 8.78 Å². The second kappa shape index (κ2) is 6.27. The van der Waals surface area contributed by atoms with Crippen LogP contribution in [0, 0.1) is 6.92 Å². The molecular weight excluding hydrogens is 268 g/mol. The summed E-state index contributed by atoms with van der Waals surface area (Å²) in [4.78, 5) is 0. The van der Waals surface area contributed by atoms with E-state index in [2.05, 4.69) is 10.1 Å². The zero-order chi connectivity index (χ0) is 14.5. The summed E-state index contributed by atoms with van der Waals surface area (Å²) in [5, 5.41) is 3.08. The smallest absolute Gasteiger partial charge is 0.387 e. The van der Waals surface area contributed by atoms with Crippen molar-refractivity contribution >= 4 is 5.69 Å². The lowest BCUT2D eigenvalue weighted by molar-refractivity contribution is -0.0511. The van der Waals surface area contributed by atoms with Crippen LogP contribution in [0.5, 0.6) is 11.5 Å². The predicted octanol–water partition coefficient (Wildman–Crippen LogP) is 3.81. The number of ether oxygens (including phenoxy) is 2. The Morgan fingerprint density at radius 3 is 2.65 bits per heavy atom. The van der Waals surface area contributed by atoms with Crippen LogP contribution >= 0.6 is 0 Å². The molecule has 1 heterocycles. The van der Waals surface area contributed by atoms with Crippen molar-refractivity contribution in [2.24, 2.45) is 0 Å². The summed E-state index contributed by atoms with van der Waals surface area (Å²) in [5.74, 6) is 1.03. The number of alkyl halides is 2. The summed E-state index contributed by atoms with van der Waals surface area (Å²) in [5.41, 5.74) is 1.66. The maximum atomic E-state index is 12.3. The van der Waals surface area contributed by atoms with E-state index in [0.717, 1.165) is 11.3 Å². The van der Waals surface area contributed by atoms with Crippen LogP contribution in [0.3, 0.4) is 0 Å². The van der Waals surface area contributed by atoms with E-state index in [1.54, 1.807) is 18.4 Å². The van der Waals surface area contributed by atoms with Gasteiger partial charge in [0.25, 0.3) is 0 Å². The van der Waals surface area contributed by atoms with Crippen LogP contribution < -0.4 is 14.8 Å². The molecule has 0 saturated carbocycles. The monoisotopic (exact) mass is 283 g/mol. The predicted molar refractivity (Wildman–Crippen MR) is 70.4 cm³/mol. The van der Waals surface area contributed by atoms with Crippen molar-refractivity contribution < 1.29 is 22.7 Å². The van der Waals surface area contributed by atoms with Gasteiger partial charge < -0.3 is 19.2 Å². The number of rotatable bonds is 6. The van der Waals surface area contributed by atoms with Crippen molar-refractivity contribution in [1.29, 1.82) is 0 Å². The Morgan fingerprint density at radius 1 is 1.25 bits per heavy atom. The van der Waals surface area contributed by atoms with E-state index in [1.807, 2.05) is 13.0 Å². The summed E-state index contributed by atoms with van der Waals surface area (Å²) in [6.45, 7) is -0.509. The van der Waals surface area contributed by atoms with Crippen molar-refractivity contribution in [3.63, 3.8) is 0 Å². The Bertz CT molecular complexity index is 569. The summed E-state index contributed by atoms with van der Waals surface area (Å²) in [6.07, 6.45) is 1.60. The summed E-state index contributed by atoms with van der Waals surface area (Å²) in [6, 6.07) is 6.60. The lowest BCUT2D eigenvalue weighted by Crippen LogP contribution is -2.05. The molecule has 2 rings (SSSR count). The van der Waals surface area contributed by atoms with Crippen LogP contribution in [0.2, 0.25) is 0 Å². The van der Waals surface area contributed by atoms with Crippen molar-refractivity contribution in [3.8, 4) is 11.5 Å². The van der Waals surface area contributed by atoms with Crippen LogP contribution in [-0.4, -0.2) is 13.7 Å². The van der Waals surface area contributed by atoms with Gasteiger partial charge in [-0.25, -0.2) is 0 Å². The minimum absolute atomic E-state index is 0.0105. The summed E-state index contributed by atoms with van der Waals surface area (Å²) >= 11 is 0. The molecule has 20 heavy (non-hydrogen) atoms. The number of methoxy groups -OCH3 is 1. The highest BCUT2D eigenvalue weighted by Crippen LogP contribution is 2.31. The molecule has 0 atom stereocenters. The number of aryl methyl sites for hydroxylation is 1.